The summed E-state index contributed by atoms with van der Waals surface area (Å²) in [5.74, 6) is 0. The van der Waals surface area contributed by atoms with Gasteiger partial charge in [-0.1, -0.05) is 6.07 Å². The lowest BCUT2D eigenvalue weighted by Crippen LogP contribution is -2.22. The molecule has 0 amide bonds. The van der Waals surface area contributed by atoms with E-state index in [9.17, 15) is 20.3 Å². The highest BCUT2D eigenvalue weighted by Crippen LogP contribution is 2.36. The number of para-hydroxylation sites is 1. The second-order valence-electron chi connectivity index (χ2n) is 4.22. The average molecular weight is 253 g/mol. The number of rotatable bonds is 3. The van der Waals surface area contributed by atoms with Gasteiger partial charge in [0.2, 0.25) is 0 Å². The molecule has 3 N–H and O–H groups in total. The monoisotopic (exact) mass is 253 g/mol. The normalized spacial score (nSPS) is 23.2. The molecule has 7 heteroatoms. The molecule has 0 radical (unpaired) electrons. The second-order valence-corrected chi connectivity index (χ2v) is 4.22. The lowest BCUT2D eigenvalue weighted by atomic mass is 10.2. The van der Waals surface area contributed by atoms with Crippen LogP contribution in [0.2, 0.25) is 0 Å². The zero-order chi connectivity index (χ0) is 13.3. The summed E-state index contributed by atoms with van der Waals surface area (Å²) in [4.78, 5) is 12.3. The number of hydrogen-bond acceptors (Lipinski definition) is 6. The first-order valence-corrected chi connectivity index (χ1v) is 5.61. The Morgan fingerprint density at radius 1 is 1.39 bits per heavy atom. The van der Waals surface area contributed by atoms with Gasteiger partial charge in [0.05, 0.1) is 17.1 Å². The number of nitrogens with zero attached hydrogens (tertiary/aromatic N) is 2. The number of aliphatic hydroxyl groups is 2. The van der Waals surface area contributed by atoms with Crippen molar-refractivity contribution in [1.29, 1.82) is 0 Å². The van der Waals surface area contributed by atoms with Gasteiger partial charge in [0, 0.05) is 20.1 Å². The molecule has 0 spiro atoms. The van der Waals surface area contributed by atoms with Crippen LogP contribution in [0.1, 0.15) is 0 Å². The van der Waals surface area contributed by atoms with Crippen molar-refractivity contribution in [2.45, 2.75) is 12.2 Å². The zero-order valence-corrected chi connectivity index (χ0v) is 9.91. The molecule has 0 bridgehead atoms. The molecule has 0 saturated carbocycles. The third-order valence-electron chi connectivity index (χ3n) is 3.07. The van der Waals surface area contributed by atoms with Gasteiger partial charge in [-0.05, 0) is 12.1 Å². The Morgan fingerprint density at radius 2 is 2.00 bits per heavy atom. The van der Waals surface area contributed by atoms with Crippen molar-refractivity contribution in [2.75, 3.05) is 30.4 Å². The molecule has 1 saturated heterocycles. The fourth-order valence-corrected chi connectivity index (χ4v) is 2.15. The molecule has 18 heavy (non-hydrogen) atoms. The van der Waals surface area contributed by atoms with Crippen LogP contribution in [-0.4, -0.2) is 47.5 Å². The van der Waals surface area contributed by atoms with E-state index in [0.717, 1.165) is 0 Å². The Kier molecular flexibility index (Phi) is 3.35. The van der Waals surface area contributed by atoms with Crippen LogP contribution in [0.15, 0.2) is 18.2 Å². The first-order chi connectivity index (χ1) is 8.54. The molecular formula is C11H15N3O4. The number of β-amino-alcohol motifs (C(OH)–C–C–N with tert-alkyl or cyclic N) is 2. The van der Waals surface area contributed by atoms with E-state index in [-0.39, 0.29) is 18.8 Å². The van der Waals surface area contributed by atoms with Crippen LogP contribution in [0.3, 0.4) is 0 Å². The number of nitro benzene ring substituents is 1. The molecule has 1 aliphatic rings. The minimum absolute atomic E-state index is 0.0405. The van der Waals surface area contributed by atoms with Gasteiger partial charge in [0.25, 0.3) is 0 Å². The van der Waals surface area contributed by atoms with E-state index in [0.29, 0.717) is 11.4 Å². The van der Waals surface area contributed by atoms with Gasteiger partial charge < -0.3 is 20.4 Å². The van der Waals surface area contributed by atoms with E-state index in [1.165, 1.54) is 0 Å². The van der Waals surface area contributed by atoms with Crippen LogP contribution in [0.5, 0.6) is 0 Å². The lowest BCUT2D eigenvalue weighted by Gasteiger charge is -2.18. The fraction of sp³-hybridized carbons (Fsp3) is 0.455. The maximum absolute atomic E-state index is 11.1. The standard InChI is InChI=1S/C11H15N3O4/c1-12-7-3-2-4-8(11(7)14(17)18)13-5-9(15)10(16)6-13/h2-4,9-10,12,15-16H,5-6H2,1H3. The van der Waals surface area contributed by atoms with E-state index in [1.807, 2.05) is 0 Å². The van der Waals surface area contributed by atoms with Crippen LogP contribution in [0, 0.1) is 10.1 Å². The van der Waals surface area contributed by atoms with Crippen molar-refractivity contribution in [3.05, 3.63) is 28.3 Å². The highest BCUT2D eigenvalue weighted by Gasteiger charge is 2.33. The molecule has 2 unspecified atom stereocenters. The molecule has 1 aromatic rings. The summed E-state index contributed by atoms with van der Waals surface area (Å²) in [5.41, 5.74) is 0.775. The third-order valence-corrected chi connectivity index (χ3v) is 3.07. The van der Waals surface area contributed by atoms with E-state index in [2.05, 4.69) is 5.32 Å². The molecule has 0 aliphatic carbocycles. The van der Waals surface area contributed by atoms with Gasteiger partial charge in [-0.15, -0.1) is 0 Å². The molecule has 1 heterocycles. The molecule has 2 rings (SSSR count). The number of hydrogen-bond donors (Lipinski definition) is 3. The Morgan fingerprint density at radius 3 is 2.50 bits per heavy atom. The molecular weight excluding hydrogens is 238 g/mol. The Labute approximate surface area is 104 Å². The predicted octanol–water partition coefficient (Wildman–Crippen LogP) is 0.178. The molecule has 7 nitrogen and oxygen atoms in total. The number of nitro groups is 1. The van der Waals surface area contributed by atoms with Gasteiger partial charge in [-0.3, -0.25) is 10.1 Å². The van der Waals surface area contributed by atoms with E-state index >= 15 is 0 Å². The van der Waals surface area contributed by atoms with Crippen molar-refractivity contribution in [3.63, 3.8) is 0 Å². The van der Waals surface area contributed by atoms with Crippen molar-refractivity contribution in [3.8, 4) is 0 Å². The summed E-state index contributed by atoms with van der Waals surface area (Å²) in [6.07, 6.45) is -1.74. The van der Waals surface area contributed by atoms with Crippen molar-refractivity contribution >= 4 is 17.1 Å². The second kappa shape index (κ2) is 4.79. The smallest absolute Gasteiger partial charge is 0.315 e. The van der Waals surface area contributed by atoms with E-state index in [4.69, 9.17) is 0 Å². The molecule has 0 aromatic heterocycles. The van der Waals surface area contributed by atoms with Crippen molar-refractivity contribution in [1.82, 2.24) is 0 Å². The highest BCUT2D eigenvalue weighted by atomic mass is 16.6. The number of nitrogens with one attached hydrogen (secondary N) is 1. The van der Waals surface area contributed by atoms with E-state index in [1.54, 1.807) is 30.1 Å². The topological polar surface area (TPSA) is 98.9 Å². The SMILES string of the molecule is CNc1cccc(N2CC(O)C(O)C2)c1[N+](=O)[O-]. The van der Waals surface area contributed by atoms with Gasteiger partial charge in [0.15, 0.2) is 0 Å². The first kappa shape index (κ1) is 12.6. The number of aliphatic hydroxyl groups excluding tert-OH is 2. The maximum Gasteiger partial charge on any atom is 0.315 e. The summed E-state index contributed by atoms with van der Waals surface area (Å²) in [7, 11) is 1.61. The predicted molar refractivity (Wildman–Crippen MR) is 66.9 cm³/mol. The number of benzene rings is 1. The van der Waals surface area contributed by atoms with Gasteiger partial charge in [-0.2, -0.15) is 0 Å². The van der Waals surface area contributed by atoms with Gasteiger partial charge in [0.1, 0.15) is 11.4 Å². The summed E-state index contributed by atoms with van der Waals surface area (Å²) in [6.45, 7) is 0.379. The summed E-state index contributed by atoms with van der Waals surface area (Å²) < 4.78 is 0. The minimum Gasteiger partial charge on any atom is -0.389 e. The molecule has 1 aliphatic heterocycles. The van der Waals surface area contributed by atoms with Crippen LogP contribution in [-0.2, 0) is 0 Å². The van der Waals surface area contributed by atoms with Crippen LogP contribution in [0.25, 0.3) is 0 Å². The summed E-state index contributed by atoms with van der Waals surface area (Å²) in [6, 6.07) is 4.93. The Hall–Kier alpha value is -1.86. The molecule has 2 atom stereocenters. The Balaban J connectivity index is 2.42. The fourth-order valence-electron chi connectivity index (χ4n) is 2.15. The summed E-state index contributed by atoms with van der Waals surface area (Å²) >= 11 is 0. The Bertz CT molecular complexity index is 456. The largest absolute Gasteiger partial charge is 0.389 e. The zero-order valence-electron chi connectivity index (χ0n) is 9.91. The maximum atomic E-state index is 11.1. The van der Waals surface area contributed by atoms with Crippen molar-refractivity contribution in [2.24, 2.45) is 0 Å². The molecule has 98 valence electrons. The first-order valence-electron chi connectivity index (χ1n) is 5.61. The van der Waals surface area contributed by atoms with Crippen LogP contribution < -0.4 is 10.2 Å². The van der Waals surface area contributed by atoms with E-state index < -0.39 is 17.1 Å². The highest BCUT2D eigenvalue weighted by molar-refractivity contribution is 5.77. The molecule has 1 aromatic carbocycles. The lowest BCUT2D eigenvalue weighted by molar-refractivity contribution is -0.383. The van der Waals surface area contributed by atoms with Crippen LogP contribution >= 0.6 is 0 Å². The third kappa shape index (κ3) is 2.09. The summed E-state index contributed by atoms with van der Waals surface area (Å²) in [5, 5.41) is 32.9. The van der Waals surface area contributed by atoms with Crippen LogP contribution in [0.4, 0.5) is 17.1 Å². The van der Waals surface area contributed by atoms with Crippen molar-refractivity contribution < 1.29 is 15.1 Å². The molecule has 1 fully saturated rings. The number of anilines is 2. The quantitative estimate of drug-likeness (QED) is 0.525. The minimum atomic E-state index is -0.872. The van der Waals surface area contributed by atoms with Gasteiger partial charge >= 0.3 is 5.69 Å². The van der Waals surface area contributed by atoms with Gasteiger partial charge in [-0.25, -0.2) is 0 Å². The average Bonchev–Trinajstić information content (AvgIpc) is 2.68.